The first-order valence-electron chi connectivity index (χ1n) is 4.60. The summed E-state index contributed by atoms with van der Waals surface area (Å²) in [5.41, 5.74) is 0. The summed E-state index contributed by atoms with van der Waals surface area (Å²) in [7, 11) is -1.80. The minimum Gasteiger partial charge on any atom is -0.450 e. The Kier molecular flexibility index (Phi) is 5.82. The summed E-state index contributed by atoms with van der Waals surface area (Å²) in [6, 6.07) is 0. The Bertz CT molecular complexity index is 247. The molecule has 0 spiro atoms. The molecule has 0 fully saturated rings. The number of carbonyl (C=O) groups is 2. The minimum atomic E-state index is -1.80. The van der Waals surface area contributed by atoms with E-state index in [9.17, 15) is 9.59 Å². The molecule has 94 valence electrons. The van der Waals surface area contributed by atoms with Crippen LogP contribution in [0.25, 0.3) is 0 Å². The molecule has 0 saturated carbocycles. The van der Waals surface area contributed by atoms with Gasteiger partial charge in [-0.05, 0) is 19.6 Å². The third-order valence-electron chi connectivity index (χ3n) is 1.36. The Morgan fingerprint density at radius 1 is 1.12 bits per heavy atom. The van der Waals surface area contributed by atoms with Gasteiger partial charge in [0.25, 0.3) is 0 Å². The molecule has 16 heavy (non-hydrogen) atoms. The first-order chi connectivity index (χ1) is 7.20. The lowest BCUT2D eigenvalue weighted by Crippen LogP contribution is -2.35. The van der Waals surface area contributed by atoms with Crippen molar-refractivity contribution in [3.05, 3.63) is 0 Å². The molecule has 0 aromatic rings. The molecule has 0 aromatic carbocycles. The van der Waals surface area contributed by atoms with Gasteiger partial charge < -0.3 is 24.1 Å². The third kappa shape index (κ3) is 9.28. The van der Waals surface area contributed by atoms with Crippen molar-refractivity contribution < 1.29 is 33.7 Å². The maximum Gasteiger partial charge on any atom is 0.506 e. The fourth-order valence-electron chi connectivity index (χ4n) is 0.766. The lowest BCUT2D eigenvalue weighted by Gasteiger charge is -2.21. The Hall–Kier alpha value is -1.28. The van der Waals surface area contributed by atoms with Gasteiger partial charge in [0.1, 0.15) is 6.61 Å². The van der Waals surface area contributed by atoms with Crippen molar-refractivity contribution in [1.29, 1.82) is 0 Å². The molecule has 7 nitrogen and oxygen atoms in total. The topological polar surface area (TPSA) is 102 Å². The van der Waals surface area contributed by atoms with Crippen molar-refractivity contribution in [1.82, 2.24) is 0 Å². The number of hydrogen-bond donors (Lipinski definition) is 2. The third-order valence-corrected chi connectivity index (χ3v) is 2.40. The second kappa shape index (κ2) is 6.33. The zero-order valence-electron chi connectivity index (χ0n) is 9.43. The zero-order chi connectivity index (χ0) is 12.8. The lowest BCUT2D eigenvalue weighted by molar-refractivity contribution is -0.0138. The molecule has 0 aromatic heterocycles. The van der Waals surface area contributed by atoms with Crippen molar-refractivity contribution >= 4 is 20.6 Å². The average Bonchev–Trinajstić information content (AvgIpc) is 2.07. The van der Waals surface area contributed by atoms with E-state index in [0.717, 1.165) is 0 Å². The molecule has 0 rings (SSSR count). The molecule has 0 heterocycles. The molecule has 1 unspecified atom stereocenters. The Labute approximate surface area is 94.1 Å². The van der Waals surface area contributed by atoms with Crippen molar-refractivity contribution in [3.8, 4) is 0 Å². The average molecular weight is 252 g/mol. The van der Waals surface area contributed by atoms with Crippen LogP contribution < -0.4 is 0 Å². The number of rotatable bonds is 6. The highest BCUT2D eigenvalue weighted by Crippen LogP contribution is 2.05. The molecule has 0 bridgehead atoms. The standard InChI is InChI=1S/C8H16O7Si/c1-16(2,3)14-5-6(15-8(11)12)4-13-7(9)10/h6H,4-5H2,1-3H3,(H,9,10)(H,11,12). The monoisotopic (exact) mass is 252 g/mol. The van der Waals surface area contributed by atoms with Crippen molar-refractivity contribution in [3.63, 3.8) is 0 Å². The smallest absolute Gasteiger partial charge is 0.450 e. The molecule has 0 aliphatic rings. The van der Waals surface area contributed by atoms with E-state index in [1.807, 2.05) is 19.6 Å². The van der Waals surface area contributed by atoms with Crippen molar-refractivity contribution in [2.75, 3.05) is 13.2 Å². The number of hydrogen-bond acceptors (Lipinski definition) is 5. The van der Waals surface area contributed by atoms with E-state index in [0.29, 0.717) is 0 Å². The summed E-state index contributed by atoms with van der Waals surface area (Å²) in [5.74, 6) is 0. The van der Waals surface area contributed by atoms with Gasteiger partial charge in [0.15, 0.2) is 14.4 Å². The fraction of sp³-hybridized carbons (Fsp3) is 0.750. The molecular weight excluding hydrogens is 236 g/mol. The second-order valence-electron chi connectivity index (χ2n) is 4.01. The summed E-state index contributed by atoms with van der Waals surface area (Å²) in [6.45, 7) is 5.38. The van der Waals surface area contributed by atoms with Gasteiger partial charge in [-0.2, -0.15) is 0 Å². The Morgan fingerprint density at radius 3 is 2.06 bits per heavy atom. The van der Waals surface area contributed by atoms with Crippen LogP contribution in [0.1, 0.15) is 0 Å². The predicted octanol–water partition coefficient (Wildman–Crippen LogP) is 1.60. The van der Waals surface area contributed by atoms with Gasteiger partial charge in [0.2, 0.25) is 0 Å². The van der Waals surface area contributed by atoms with Crippen LogP contribution in [0.4, 0.5) is 9.59 Å². The minimum absolute atomic E-state index is 0.00466. The first-order valence-corrected chi connectivity index (χ1v) is 8.01. The van der Waals surface area contributed by atoms with Crippen LogP contribution in [0.5, 0.6) is 0 Å². The summed E-state index contributed by atoms with van der Waals surface area (Å²) in [6.07, 6.45) is -3.90. The van der Waals surface area contributed by atoms with Crippen molar-refractivity contribution in [2.24, 2.45) is 0 Å². The lowest BCUT2D eigenvalue weighted by atomic mass is 10.4. The van der Waals surface area contributed by atoms with E-state index < -0.39 is 26.7 Å². The van der Waals surface area contributed by atoms with Gasteiger partial charge in [-0.3, -0.25) is 0 Å². The highest BCUT2D eigenvalue weighted by atomic mass is 28.4. The van der Waals surface area contributed by atoms with Crippen LogP contribution in [-0.2, 0) is 13.9 Å². The van der Waals surface area contributed by atoms with Crippen LogP contribution in [0.3, 0.4) is 0 Å². The maximum atomic E-state index is 10.3. The molecular formula is C8H16O7Si. The molecule has 0 amide bonds. The largest absolute Gasteiger partial charge is 0.506 e. The molecule has 8 heteroatoms. The number of ether oxygens (including phenoxy) is 2. The van der Waals surface area contributed by atoms with Gasteiger partial charge in [-0.15, -0.1) is 0 Å². The van der Waals surface area contributed by atoms with Gasteiger partial charge in [-0.1, -0.05) is 0 Å². The van der Waals surface area contributed by atoms with E-state index in [1.165, 1.54) is 0 Å². The molecule has 0 radical (unpaired) electrons. The Morgan fingerprint density at radius 2 is 1.69 bits per heavy atom. The second-order valence-corrected chi connectivity index (χ2v) is 8.52. The van der Waals surface area contributed by atoms with Gasteiger partial charge in [0.05, 0.1) is 6.61 Å². The van der Waals surface area contributed by atoms with Crippen LogP contribution in [0, 0.1) is 0 Å². The van der Waals surface area contributed by atoms with E-state index in [1.54, 1.807) is 0 Å². The summed E-state index contributed by atoms with van der Waals surface area (Å²) >= 11 is 0. The fourth-order valence-corrected chi connectivity index (χ4v) is 1.45. The Balaban J connectivity index is 4.10. The van der Waals surface area contributed by atoms with Crippen molar-refractivity contribution in [2.45, 2.75) is 25.7 Å². The predicted molar refractivity (Wildman–Crippen MR) is 56.2 cm³/mol. The van der Waals surface area contributed by atoms with Crippen LogP contribution in [0.15, 0.2) is 0 Å². The molecule has 0 saturated heterocycles. The summed E-state index contributed by atoms with van der Waals surface area (Å²) in [4.78, 5) is 20.4. The van der Waals surface area contributed by atoms with Crippen LogP contribution >= 0.6 is 0 Å². The van der Waals surface area contributed by atoms with E-state index in [4.69, 9.17) is 14.6 Å². The maximum absolute atomic E-state index is 10.3. The van der Waals surface area contributed by atoms with E-state index >= 15 is 0 Å². The van der Waals surface area contributed by atoms with E-state index in [-0.39, 0.29) is 13.2 Å². The van der Waals surface area contributed by atoms with E-state index in [2.05, 4.69) is 9.47 Å². The molecule has 1 atom stereocenters. The highest BCUT2D eigenvalue weighted by molar-refractivity contribution is 6.69. The number of carboxylic acid groups (broad SMARTS) is 2. The van der Waals surface area contributed by atoms with Crippen LogP contribution in [-0.4, -0.2) is 50.2 Å². The summed E-state index contributed by atoms with van der Waals surface area (Å²) in [5, 5.41) is 16.7. The van der Waals surface area contributed by atoms with Gasteiger partial charge in [0, 0.05) is 0 Å². The SMILES string of the molecule is C[Si](C)(C)OCC(COC(=O)O)OC(=O)O. The first kappa shape index (κ1) is 14.7. The quantitative estimate of drug-likeness (QED) is 0.546. The summed E-state index contributed by atoms with van der Waals surface area (Å²) < 4.78 is 14.1. The molecule has 0 aliphatic carbocycles. The zero-order valence-corrected chi connectivity index (χ0v) is 10.4. The van der Waals surface area contributed by atoms with Gasteiger partial charge in [-0.25, -0.2) is 9.59 Å². The van der Waals surface area contributed by atoms with Gasteiger partial charge >= 0.3 is 12.3 Å². The highest BCUT2D eigenvalue weighted by Gasteiger charge is 2.21. The molecule has 0 aliphatic heterocycles. The normalized spacial score (nSPS) is 12.9. The molecule has 2 N–H and O–H groups in total. The van der Waals surface area contributed by atoms with Crippen LogP contribution in [0.2, 0.25) is 19.6 Å².